The van der Waals surface area contributed by atoms with Gasteiger partial charge in [0.2, 0.25) is 11.8 Å². The molecule has 1 atom stereocenters. The predicted molar refractivity (Wildman–Crippen MR) is 132 cm³/mol. The molecule has 0 saturated carbocycles. The Bertz CT molecular complexity index is 1070. The molecule has 0 radical (unpaired) electrons. The fraction of sp³-hybridized carbons (Fsp3) is 0.583. The Labute approximate surface area is 204 Å². The highest BCUT2D eigenvalue weighted by atomic mass is 32.1. The lowest BCUT2D eigenvalue weighted by molar-refractivity contribution is -0.138. The smallest absolute Gasteiger partial charge is 0.327 e. The first-order valence-corrected chi connectivity index (χ1v) is 13.0. The molecule has 10 heteroatoms. The van der Waals surface area contributed by atoms with Crippen LogP contribution in [-0.4, -0.2) is 107 Å². The Morgan fingerprint density at radius 2 is 1.79 bits per heavy atom. The maximum absolute atomic E-state index is 12.9. The maximum atomic E-state index is 12.9. The number of unbranched alkanes of at least 4 members (excludes halogenated alkanes) is 1. The van der Waals surface area contributed by atoms with Crippen molar-refractivity contribution in [3.05, 3.63) is 24.3 Å². The lowest BCUT2D eigenvalue weighted by atomic mass is 10.0. The van der Waals surface area contributed by atoms with Crippen LogP contribution in [-0.2, 0) is 9.59 Å². The van der Waals surface area contributed by atoms with E-state index in [4.69, 9.17) is 0 Å². The van der Waals surface area contributed by atoms with Gasteiger partial charge in [0, 0.05) is 71.1 Å². The average molecular weight is 485 g/mol. The van der Waals surface area contributed by atoms with Gasteiger partial charge in [-0.3, -0.25) is 19.4 Å². The standard InChI is InChI=1S/C24H32N6O3S/c1-18(31)28-14-15-29-19(17-28)16-22(32)30(24(29)33)9-5-4-8-26-10-12-27(13-11-26)23-20-6-2-3-7-21(20)34-25-23/h2-3,6-7,19H,4-5,8-17H2,1H3/t19-/m1/s1. The van der Waals surface area contributed by atoms with Crippen molar-refractivity contribution in [3.63, 3.8) is 0 Å². The molecule has 4 amide bonds. The summed E-state index contributed by atoms with van der Waals surface area (Å²) in [6.45, 7) is 8.41. The molecule has 0 spiro atoms. The number of carbonyl (C=O) groups is 3. The minimum absolute atomic E-state index is 0.00254. The Morgan fingerprint density at radius 3 is 2.59 bits per heavy atom. The van der Waals surface area contributed by atoms with Crippen molar-refractivity contribution in [1.29, 1.82) is 0 Å². The topological polar surface area (TPSA) is 80.3 Å². The molecule has 9 nitrogen and oxygen atoms in total. The maximum Gasteiger partial charge on any atom is 0.327 e. The van der Waals surface area contributed by atoms with Crippen molar-refractivity contribution < 1.29 is 14.4 Å². The van der Waals surface area contributed by atoms with E-state index >= 15 is 0 Å². The zero-order chi connectivity index (χ0) is 23.7. The van der Waals surface area contributed by atoms with Crippen molar-refractivity contribution in [2.45, 2.75) is 32.2 Å². The molecule has 0 N–H and O–H groups in total. The van der Waals surface area contributed by atoms with Crippen LogP contribution in [0, 0.1) is 0 Å². The molecule has 2 aromatic rings. The largest absolute Gasteiger partial charge is 0.353 e. The van der Waals surface area contributed by atoms with Gasteiger partial charge in [0.05, 0.1) is 10.7 Å². The number of fused-ring (bicyclic) bond motifs is 2. The highest BCUT2D eigenvalue weighted by molar-refractivity contribution is 7.13. The van der Waals surface area contributed by atoms with Crippen LogP contribution < -0.4 is 4.90 Å². The second-order valence-electron chi connectivity index (χ2n) is 9.38. The average Bonchev–Trinajstić information content (AvgIpc) is 3.27. The number of hydrogen-bond acceptors (Lipinski definition) is 7. The summed E-state index contributed by atoms with van der Waals surface area (Å²) in [5.74, 6) is 0.994. The molecular weight excluding hydrogens is 452 g/mol. The van der Waals surface area contributed by atoms with Crippen LogP contribution in [0.4, 0.5) is 10.6 Å². The van der Waals surface area contributed by atoms with E-state index in [1.165, 1.54) is 21.9 Å². The van der Waals surface area contributed by atoms with E-state index in [2.05, 4.69) is 38.4 Å². The summed E-state index contributed by atoms with van der Waals surface area (Å²) in [5.41, 5.74) is 0. The van der Waals surface area contributed by atoms with Gasteiger partial charge in [0.15, 0.2) is 0 Å². The van der Waals surface area contributed by atoms with E-state index in [1.54, 1.807) is 21.3 Å². The molecule has 0 bridgehead atoms. The van der Waals surface area contributed by atoms with Gasteiger partial charge in [-0.1, -0.05) is 12.1 Å². The van der Waals surface area contributed by atoms with Crippen LogP contribution in [0.25, 0.3) is 10.1 Å². The molecule has 3 fully saturated rings. The molecular formula is C24H32N6O3S. The molecule has 1 aromatic carbocycles. The number of anilines is 1. The van der Waals surface area contributed by atoms with Crippen LogP contribution in [0.5, 0.6) is 0 Å². The first-order valence-electron chi connectivity index (χ1n) is 12.2. The summed E-state index contributed by atoms with van der Waals surface area (Å²) in [6.07, 6.45) is 2.08. The quantitative estimate of drug-likeness (QED) is 0.584. The van der Waals surface area contributed by atoms with Gasteiger partial charge in [-0.2, -0.15) is 4.37 Å². The second-order valence-corrected chi connectivity index (χ2v) is 10.2. The molecule has 3 aliphatic rings. The number of benzene rings is 1. The van der Waals surface area contributed by atoms with E-state index < -0.39 is 0 Å². The van der Waals surface area contributed by atoms with E-state index in [9.17, 15) is 14.4 Å². The van der Waals surface area contributed by atoms with Crippen LogP contribution in [0.1, 0.15) is 26.2 Å². The molecule has 3 saturated heterocycles. The molecule has 34 heavy (non-hydrogen) atoms. The third kappa shape index (κ3) is 4.61. The summed E-state index contributed by atoms with van der Waals surface area (Å²) >= 11 is 1.56. The summed E-state index contributed by atoms with van der Waals surface area (Å²) < 4.78 is 5.91. The third-order valence-electron chi connectivity index (χ3n) is 7.25. The van der Waals surface area contributed by atoms with Gasteiger partial charge >= 0.3 is 6.03 Å². The van der Waals surface area contributed by atoms with E-state index in [0.717, 1.165) is 51.4 Å². The number of amides is 4. The zero-order valence-corrected chi connectivity index (χ0v) is 20.5. The lowest BCUT2D eigenvalue weighted by Crippen LogP contribution is -2.64. The third-order valence-corrected chi connectivity index (χ3v) is 8.07. The normalized spacial score (nSPS) is 22.0. The van der Waals surface area contributed by atoms with Gasteiger partial charge < -0.3 is 14.7 Å². The van der Waals surface area contributed by atoms with Crippen LogP contribution >= 0.6 is 11.5 Å². The van der Waals surface area contributed by atoms with Gasteiger partial charge in [-0.15, -0.1) is 0 Å². The SMILES string of the molecule is CC(=O)N1CCN2C(=O)N(CCCCN3CCN(c4nsc5ccccc45)CC3)C(=O)C[C@@H]2C1. The first-order chi connectivity index (χ1) is 16.5. The first kappa shape index (κ1) is 23.0. The van der Waals surface area contributed by atoms with E-state index in [-0.39, 0.29) is 23.9 Å². The Hall–Kier alpha value is -2.72. The minimum atomic E-state index is -0.187. The molecule has 0 aliphatic carbocycles. The summed E-state index contributed by atoms with van der Waals surface area (Å²) in [4.78, 5) is 46.9. The van der Waals surface area contributed by atoms with Gasteiger partial charge in [-0.25, -0.2) is 4.79 Å². The van der Waals surface area contributed by atoms with Crippen molar-refractivity contribution >= 4 is 45.3 Å². The minimum Gasteiger partial charge on any atom is -0.353 e. The molecule has 3 aliphatic heterocycles. The van der Waals surface area contributed by atoms with Crippen LogP contribution in [0.3, 0.4) is 0 Å². The van der Waals surface area contributed by atoms with Crippen molar-refractivity contribution in [3.8, 4) is 0 Å². The monoisotopic (exact) mass is 484 g/mol. The van der Waals surface area contributed by atoms with Crippen molar-refractivity contribution in [1.82, 2.24) is 24.0 Å². The van der Waals surface area contributed by atoms with Crippen LogP contribution in [0.15, 0.2) is 24.3 Å². The summed E-state index contributed by atoms with van der Waals surface area (Å²) in [7, 11) is 0. The number of hydrogen-bond donors (Lipinski definition) is 0. The number of imide groups is 1. The number of rotatable bonds is 6. The molecule has 5 rings (SSSR count). The lowest BCUT2D eigenvalue weighted by Gasteiger charge is -2.46. The fourth-order valence-corrected chi connectivity index (χ4v) is 6.05. The molecule has 0 unspecified atom stereocenters. The number of piperazine rings is 2. The second kappa shape index (κ2) is 9.87. The Morgan fingerprint density at radius 1 is 1.03 bits per heavy atom. The van der Waals surface area contributed by atoms with Gasteiger partial charge in [0.1, 0.15) is 5.82 Å². The molecule has 182 valence electrons. The Kier molecular flexibility index (Phi) is 6.69. The van der Waals surface area contributed by atoms with Gasteiger partial charge in [0.25, 0.3) is 0 Å². The van der Waals surface area contributed by atoms with E-state index in [0.29, 0.717) is 32.6 Å². The van der Waals surface area contributed by atoms with Crippen LogP contribution in [0.2, 0.25) is 0 Å². The Balaban J connectivity index is 1.05. The van der Waals surface area contributed by atoms with E-state index in [1.807, 2.05) is 0 Å². The highest BCUT2D eigenvalue weighted by Crippen LogP contribution is 2.30. The van der Waals surface area contributed by atoms with Crippen molar-refractivity contribution in [2.75, 3.05) is 63.8 Å². The highest BCUT2D eigenvalue weighted by Gasteiger charge is 2.41. The zero-order valence-electron chi connectivity index (χ0n) is 19.7. The predicted octanol–water partition coefficient (Wildman–Crippen LogP) is 2.08. The number of nitrogens with zero attached hydrogens (tertiary/aromatic N) is 6. The summed E-state index contributed by atoms with van der Waals surface area (Å²) in [5, 5.41) is 1.24. The fourth-order valence-electron chi connectivity index (χ4n) is 5.25. The number of aromatic nitrogens is 1. The van der Waals surface area contributed by atoms with Gasteiger partial charge in [-0.05, 0) is 43.1 Å². The molecule has 4 heterocycles. The van der Waals surface area contributed by atoms with Crippen molar-refractivity contribution in [2.24, 2.45) is 0 Å². The number of carbonyl (C=O) groups excluding carboxylic acids is 3. The summed E-state index contributed by atoms with van der Waals surface area (Å²) in [6, 6.07) is 8.03. The molecule has 1 aromatic heterocycles. The number of urea groups is 1.